The van der Waals surface area contributed by atoms with Gasteiger partial charge in [0, 0.05) is 0 Å². The third-order valence-corrected chi connectivity index (χ3v) is 2.77. The van der Waals surface area contributed by atoms with Crippen molar-refractivity contribution >= 4 is 11.8 Å². The van der Waals surface area contributed by atoms with Crippen LogP contribution in [0.5, 0.6) is 0 Å². The second-order valence-corrected chi connectivity index (χ2v) is 4.23. The molecule has 0 bridgehead atoms. The normalized spacial score (nSPS) is 20.3. The van der Waals surface area contributed by atoms with Gasteiger partial charge in [-0.15, -0.1) is 0 Å². The van der Waals surface area contributed by atoms with Crippen LogP contribution in [-0.2, 0) is 14.4 Å². The van der Waals surface area contributed by atoms with Crippen molar-refractivity contribution in [3.63, 3.8) is 0 Å². The number of hydrogen-bond donors (Lipinski definition) is 3. The smallest absolute Gasteiger partial charge is 0.268 e. The highest BCUT2D eigenvalue weighted by atomic mass is 16.7. The van der Waals surface area contributed by atoms with Crippen molar-refractivity contribution < 1.29 is 14.4 Å². The summed E-state index contributed by atoms with van der Waals surface area (Å²) in [5.41, 5.74) is 9.79. The van der Waals surface area contributed by atoms with Crippen molar-refractivity contribution in [1.29, 1.82) is 0 Å². The first-order valence-electron chi connectivity index (χ1n) is 5.62. The molecule has 1 aliphatic heterocycles. The first-order chi connectivity index (χ1) is 8.58. The Balaban J connectivity index is 2.00. The number of rotatable bonds is 3. The summed E-state index contributed by atoms with van der Waals surface area (Å²) in [6, 6.07) is 5.89. The molecule has 1 aromatic carbocycles. The molecule has 1 aliphatic rings. The van der Waals surface area contributed by atoms with Crippen molar-refractivity contribution in [3.8, 4) is 0 Å². The third-order valence-electron chi connectivity index (χ3n) is 2.77. The van der Waals surface area contributed by atoms with Gasteiger partial charge in [-0.05, 0) is 12.5 Å². The second-order valence-electron chi connectivity index (χ2n) is 4.23. The van der Waals surface area contributed by atoms with Crippen molar-refractivity contribution in [1.82, 2.24) is 10.8 Å². The number of hydrogen-bond acceptors (Lipinski definition) is 4. The maximum Gasteiger partial charge on any atom is 0.268 e. The average Bonchev–Trinajstić information content (AvgIpc) is 2.75. The van der Waals surface area contributed by atoms with E-state index in [0.717, 1.165) is 5.56 Å². The van der Waals surface area contributed by atoms with E-state index in [1.807, 2.05) is 19.1 Å². The van der Waals surface area contributed by atoms with E-state index >= 15 is 0 Å². The number of carbonyl (C=O) groups is 2. The molecule has 96 valence electrons. The van der Waals surface area contributed by atoms with Crippen LogP contribution in [0.15, 0.2) is 24.3 Å². The molecule has 2 atom stereocenters. The Morgan fingerprint density at radius 2 is 2.17 bits per heavy atom. The van der Waals surface area contributed by atoms with E-state index in [1.165, 1.54) is 0 Å². The summed E-state index contributed by atoms with van der Waals surface area (Å²) in [6.07, 6.45) is 0. The SMILES string of the molecule is Cc1ccc(C(N)C(=O)N[C@@H]2CONC2=O)cc1. The van der Waals surface area contributed by atoms with Gasteiger partial charge in [-0.25, -0.2) is 5.48 Å². The number of benzene rings is 1. The largest absolute Gasteiger partial charge is 0.340 e. The zero-order valence-corrected chi connectivity index (χ0v) is 9.97. The molecule has 0 saturated carbocycles. The fraction of sp³-hybridized carbons (Fsp3) is 0.333. The lowest BCUT2D eigenvalue weighted by molar-refractivity contribution is -0.129. The third kappa shape index (κ3) is 2.66. The molecule has 18 heavy (non-hydrogen) atoms. The molecule has 2 rings (SSSR count). The summed E-state index contributed by atoms with van der Waals surface area (Å²) in [4.78, 5) is 27.8. The van der Waals surface area contributed by atoms with Crippen LogP contribution in [0.1, 0.15) is 17.2 Å². The quantitative estimate of drug-likeness (QED) is 0.675. The van der Waals surface area contributed by atoms with Crippen molar-refractivity contribution in [2.75, 3.05) is 6.61 Å². The van der Waals surface area contributed by atoms with Crippen LogP contribution < -0.4 is 16.5 Å². The molecule has 1 heterocycles. The minimum absolute atomic E-state index is 0.116. The molecule has 1 unspecified atom stereocenters. The van der Waals surface area contributed by atoms with Crippen LogP contribution in [0.3, 0.4) is 0 Å². The summed E-state index contributed by atoms with van der Waals surface area (Å²) in [5.74, 6) is -0.760. The molecule has 1 aromatic rings. The van der Waals surface area contributed by atoms with Gasteiger partial charge >= 0.3 is 0 Å². The van der Waals surface area contributed by atoms with Crippen LogP contribution in [0.2, 0.25) is 0 Å². The highest BCUT2D eigenvalue weighted by Crippen LogP contribution is 2.12. The molecular formula is C12H15N3O3. The minimum atomic E-state index is -0.793. The zero-order chi connectivity index (χ0) is 13.1. The van der Waals surface area contributed by atoms with Gasteiger partial charge in [0.25, 0.3) is 5.91 Å². The number of aryl methyl sites for hydroxylation is 1. The number of amides is 2. The minimum Gasteiger partial charge on any atom is -0.340 e. The Hall–Kier alpha value is -1.92. The van der Waals surface area contributed by atoms with E-state index in [-0.39, 0.29) is 12.5 Å². The Kier molecular flexibility index (Phi) is 3.59. The molecule has 1 fully saturated rings. The van der Waals surface area contributed by atoms with Gasteiger partial charge in [0.2, 0.25) is 5.91 Å². The lowest BCUT2D eigenvalue weighted by Crippen LogP contribution is -2.45. The van der Waals surface area contributed by atoms with Gasteiger partial charge < -0.3 is 11.1 Å². The second kappa shape index (κ2) is 5.16. The first kappa shape index (κ1) is 12.5. The van der Waals surface area contributed by atoms with Crippen LogP contribution >= 0.6 is 0 Å². The summed E-state index contributed by atoms with van der Waals surface area (Å²) in [6.45, 7) is 2.07. The maximum atomic E-state index is 11.9. The number of nitrogens with one attached hydrogen (secondary N) is 2. The van der Waals surface area contributed by atoms with Gasteiger partial charge in [0.05, 0.1) is 0 Å². The van der Waals surface area contributed by atoms with Crippen LogP contribution in [0, 0.1) is 6.92 Å². The Morgan fingerprint density at radius 3 is 2.72 bits per heavy atom. The standard InChI is InChI=1S/C12H15N3O3/c1-7-2-4-8(5-3-7)10(13)12(17)14-9-6-18-15-11(9)16/h2-5,9-10H,6,13H2,1H3,(H,14,17)(H,15,16)/t9-,10?/m1/s1. The lowest BCUT2D eigenvalue weighted by Gasteiger charge is -2.14. The van der Waals surface area contributed by atoms with Crippen molar-refractivity contribution in [2.45, 2.75) is 19.0 Å². The Morgan fingerprint density at radius 1 is 1.50 bits per heavy atom. The van der Waals surface area contributed by atoms with E-state index in [9.17, 15) is 9.59 Å². The van der Waals surface area contributed by atoms with Gasteiger partial charge in [0.1, 0.15) is 18.7 Å². The molecule has 2 amide bonds. The maximum absolute atomic E-state index is 11.9. The van der Waals surface area contributed by atoms with Gasteiger partial charge in [-0.1, -0.05) is 29.8 Å². The molecular weight excluding hydrogens is 234 g/mol. The molecule has 0 aromatic heterocycles. The van der Waals surface area contributed by atoms with E-state index < -0.39 is 18.0 Å². The number of hydroxylamine groups is 1. The Labute approximate surface area is 104 Å². The van der Waals surface area contributed by atoms with Gasteiger partial charge in [-0.2, -0.15) is 0 Å². The number of carbonyl (C=O) groups excluding carboxylic acids is 2. The lowest BCUT2D eigenvalue weighted by atomic mass is 10.1. The molecule has 1 saturated heterocycles. The zero-order valence-electron chi connectivity index (χ0n) is 9.97. The van der Waals surface area contributed by atoms with Crippen molar-refractivity contribution in [3.05, 3.63) is 35.4 Å². The van der Waals surface area contributed by atoms with Gasteiger partial charge in [-0.3, -0.25) is 14.4 Å². The fourth-order valence-electron chi connectivity index (χ4n) is 1.64. The van der Waals surface area contributed by atoms with Crippen LogP contribution in [0.4, 0.5) is 0 Å². The molecule has 4 N–H and O–H groups in total. The van der Waals surface area contributed by atoms with E-state index in [4.69, 9.17) is 10.6 Å². The number of nitrogens with two attached hydrogens (primary N) is 1. The van der Waals surface area contributed by atoms with Crippen molar-refractivity contribution in [2.24, 2.45) is 5.73 Å². The monoisotopic (exact) mass is 249 g/mol. The molecule has 6 heteroatoms. The molecule has 0 aliphatic carbocycles. The van der Waals surface area contributed by atoms with Gasteiger partial charge in [0.15, 0.2) is 0 Å². The summed E-state index contributed by atoms with van der Waals surface area (Å²) in [5, 5.41) is 2.54. The Bertz CT molecular complexity index is 458. The highest BCUT2D eigenvalue weighted by molar-refractivity contribution is 5.90. The van der Waals surface area contributed by atoms with E-state index in [2.05, 4.69) is 10.8 Å². The summed E-state index contributed by atoms with van der Waals surface area (Å²) in [7, 11) is 0. The van der Waals surface area contributed by atoms with E-state index in [1.54, 1.807) is 12.1 Å². The van der Waals surface area contributed by atoms with E-state index in [0.29, 0.717) is 5.56 Å². The highest BCUT2D eigenvalue weighted by Gasteiger charge is 2.29. The molecule has 0 spiro atoms. The van der Waals surface area contributed by atoms with Crippen LogP contribution in [-0.4, -0.2) is 24.5 Å². The fourth-order valence-corrected chi connectivity index (χ4v) is 1.64. The predicted octanol–water partition coefficient (Wildman–Crippen LogP) is -0.459. The first-order valence-corrected chi connectivity index (χ1v) is 5.62. The predicted molar refractivity (Wildman–Crippen MR) is 64.1 cm³/mol. The topological polar surface area (TPSA) is 93.5 Å². The summed E-state index contributed by atoms with van der Waals surface area (Å²) < 4.78 is 0. The van der Waals surface area contributed by atoms with Crippen LogP contribution in [0.25, 0.3) is 0 Å². The average molecular weight is 249 g/mol. The molecule has 6 nitrogen and oxygen atoms in total. The summed E-state index contributed by atoms with van der Waals surface area (Å²) >= 11 is 0. The molecule has 0 radical (unpaired) electrons.